The van der Waals surface area contributed by atoms with Crippen LogP contribution in [0.4, 0.5) is 0 Å². The fourth-order valence-electron chi connectivity index (χ4n) is 2.18. The standard InChI is InChI=1S/C15H25NO9/c1-4-23-13(20)8(14(21)24-5-2)6-16-7-9-10(17)11(18)12(19)15(22-3)25-9/h6,9-12,15-19H,4-5,7H2,1-3H3/t9-,10-,11+,12-,15+/m1/s1. The van der Waals surface area contributed by atoms with Crippen molar-refractivity contribution in [3.05, 3.63) is 11.8 Å². The highest BCUT2D eigenvalue weighted by Gasteiger charge is 2.43. The smallest absolute Gasteiger partial charge is 0.347 e. The minimum atomic E-state index is -1.47. The monoisotopic (exact) mass is 363 g/mol. The molecule has 144 valence electrons. The zero-order valence-electron chi connectivity index (χ0n) is 14.4. The lowest BCUT2D eigenvalue weighted by Gasteiger charge is -2.39. The highest BCUT2D eigenvalue weighted by Crippen LogP contribution is 2.21. The van der Waals surface area contributed by atoms with Gasteiger partial charge in [0.05, 0.1) is 13.2 Å². The molecule has 25 heavy (non-hydrogen) atoms. The second-order valence-corrected chi connectivity index (χ2v) is 5.16. The predicted octanol–water partition coefficient (Wildman–Crippen LogP) is -1.96. The van der Waals surface area contributed by atoms with Crippen LogP contribution in [0.15, 0.2) is 11.8 Å². The van der Waals surface area contributed by atoms with Gasteiger partial charge in [-0.05, 0) is 13.8 Å². The van der Waals surface area contributed by atoms with Crippen LogP contribution in [0.1, 0.15) is 13.8 Å². The summed E-state index contributed by atoms with van der Waals surface area (Å²) < 4.78 is 19.8. The summed E-state index contributed by atoms with van der Waals surface area (Å²) in [5.41, 5.74) is -0.349. The van der Waals surface area contributed by atoms with E-state index in [1.54, 1.807) is 13.8 Å². The molecule has 1 heterocycles. The van der Waals surface area contributed by atoms with Crippen LogP contribution in [0, 0.1) is 0 Å². The first-order valence-electron chi connectivity index (χ1n) is 7.87. The van der Waals surface area contributed by atoms with Gasteiger partial charge in [-0.15, -0.1) is 0 Å². The van der Waals surface area contributed by atoms with E-state index in [-0.39, 0.29) is 25.3 Å². The Morgan fingerprint density at radius 3 is 2.08 bits per heavy atom. The fraction of sp³-hybridized carbons (Fsp3) is 0.733. The predicted molar refractivity (Wildman–Crippen MR) is 83.0 cm³/mol. The van der Waals surface area contributed by atoms with Crippen molar-refractivity contribution in [2.75, 3.05) is 26.9 Å². The molecule has 0 unspecified atom stereocenters. The van der Waals surface area contributed by atoms with E-state index in [0.29, 0.717) is 0 Å². The van der Waals surface area contributed by atoms with Crippen molar-refractivity contribution >= 4 is 11.9 Å². The van der Waals surface area contributed by atoms with Gasteiger partial charge in [0.2, 0.25) is 0 Å². The topological polar surface area (TPSA) is 144 Å². The van der Waals surface area contributed by atoms with Crippen molar-refractivity contribution in [1.29, 1.82) is 0 Å². The van der Waals surface area contributed by atoms with Gasteiger partial charge in [0.1, 0.15) is 24.4 Å². The summed E-state index contributed by atoms with van der Waals surface area (Å²) in [4.78, 5) is 23.6. The molecule has 5 atom stereocenters. The Bertz CT molecular complexity index is 460. The number of hydrogen-bond acceptors (Lipinski definition) is 10. The molecular weight excluding hydrogens is 338 g/mol. The Morgan fingerprint density at radius 2 is 1.60 bits per heavy atom. The molecule has 0 aromatic heterocycles. The largest absolute Gasteiger partial charge is 0.462 e. The maximum Gasteiger partial charge on any atom is 0.347 e. The van der Waals surface area contributed by atoms with E-state index in [1.165, 1.54) is 7.11 Å². The Hall–Kier alpha value is -1.72. The van der Waals surface area contributed by atoms with Crippen molar-refractivity contribution < 1.29 is 43.9 Å². The van der Waals surface area contributed by atoms with Crippen LogP contribution >= 0.6 is 0 Å². The lowest BCUT2D eigenvalue weighted by Crippen LogP contribution is -2.59. The molecule has 1 saturated heterocycles. The van der Waals surface area contributed by atoms with E-state index < -0.39 is 42.6 Å². The molecule has 10 nitrogen and oxygen atoms in total. The number of esters is 2. The van der Waals surface area contributed by atoms with Crippen molar-refractivity contribution in [1.82, 2.24) is 5.32 Å². The van der Waals surface area contributed by atoms with Gasteiger partial charge in [-0.2, -0.15) is 0 Å². The van der Waals surface area contributed by atoms with Crippen molar-refractivity contribution in [2.45, 2.75) is 44.6 Å². The average molecular weight is 363 g/mol. The molecule has 10 heteroatoms. The normalized spacial score (nSPS) is 28.8. The molecular formula is C15H25NO9. The van der Waals surface area contributed by atoms with E-state index in [9.17, 15) is 24.9 Å². The summed E-state index contributed by atoms with van der Waals surface area (Å²) in [5, 5.41) is 32.1. The van der Waals surface area contributed by atoms with Crippen molar-refractivity contribution in [2.24, 2.45) is 0 Å². The molecule has 1 fully saturated rings. The molecule has 0 aromatic carbocycles. The number of carbonyl (C=O) groups excluding carboxylic acids is 2. The summed E-state index contributed by atoms with van der Waals surface area (Å²) in [5.74, 6) is -1.72. The van der Waals surface area contributed by atoms with Gasteiger partial charge in [-0.25, -0.2) is 9.59 Å². The highest BCUT2D eigenvalue weighted by molar-refractivity contribution is 6.13. The first-order chi connectivity index (χ1) is 11.9. The second-order valence-electron chi connectivity index (χ2n) is 5.16. The van der Waals surface area contributed by atoms with Crippen LogP contribution in [0.3, 0.4) is 0 Å². The quantitative estimate of drug-likeness (QED) is 0.166. The third-order valence-corrected chi connectivity index (χ3v) is 3.46. The molecule has 1 aliphatic rings. The first-order valence-corrected chi connectivity index (χ1v) is 7.87. The number of rotatable bonds is 8. The molecule has 0 spiro atoms. The summed E-state index contributed by atoms with van der Waals surface area (Å²) in [6, 6.07) is 0. The van der Waals surface area contributed by atoms with Gasteiger partial charge in [-0.3, -0.25) is 0 Å². The number of aliphatic hydroxyl groups is 3. The highest BCUT2D eigenvalue weighted by atomic mass is 16.7. The van der Waals surface area contributed by atoms with Crippen LogP contribution in [-0.4, -0.2) is 84.8 Å². The summed E-state index contributed by atoms with van der Waals surface area (Å²) in [6.07, 6.45) is -5.25. The molecule has 0 aliphatic carbocycles. The molecule has 1 aliphatic heterocycles. The zero-order chi connectivity index (χ0) is 19.0. The van der Waals surface area contributed by atoms with Gasteiger partial charge in [0.15, 0.2) is 11.9 Å². The van der Waals surface area contributed by atoms with Crippen molar-refractivity contribution in [3.63, 3.8) is 0 Å². The molecule has 0 bridgehead atoms. The van der Waals surface area contributed by atoms with Gasteiger partial charge >= 0.3 is 11.9 Å². The summed E-state index contributed by atoms with van der Waals surface area (Å²) in [7, 11) is 1.28. The summed E-state index contributed by atoms with van der Waals surface area (Å²) in [6.45, 7) is 3.28. The number of nitrogens with one attached hydrogen (secondary N) is 1. The zero-order valence-corrected chi connectivity index (χ0v) is 14.4. The number of carbonyl (C=O) groups is 2. The SMILES string of the molecule is CCOC(=O)C(=CNC[C@H]1O[C@H](OC)[C@H](O)[C@@H](O)[C@@H]1O)C(=O)OCC. The fourth-order valence-corrected chi connectivity index (χ4v) is 2.18. The van der Waals surface area contributed by atoms with Crippen LogP contribution < -0.4 is 5.32 Å². The van der Waals surface area contributed by atoms with Crippen LogP contribution in [0.5, 0.6) is 0 Å². The molecule has 0 saturated carbocycles. The summed E-state index contributed by atoms with van der Waals surface area (Å²) >= 11 is 0. The minimum Gasteiger partial charge on any atom is -0.462 e. The first kappa shape index (κ1) is 21.3. The Labute approximate surface area is 145 Å². The minimum absolute atomic E-state index is 0.0763. The van der Waals surface area contributed by atoms with Gasteiger partial charge in [0.25, 0.3) is 0 Å². The van der Waals surface area contributed by atoms with E-state index in [2.05, 4.69) is 5.32 Å². The number of aliphatic hydroxyl groups excluding tert-OH is 3. The van der Waals surface area contributed by atoms with Gasteiger partial charge < -0.3 is 39.6 Å². The molecule has 0 radical (unpaired) electrons. The maximum absolute atomic E-state index is 11.8. The molecule has 1 rings (SSSR count). The van der Waals surface area contributed by atoms with Crippen LogP contribution in [0.25, 0.3) is 0 Å². The van der Waals surface area contributed by atoms with E-state index in [0.717, 1.165) is 6.20 Å². The third-order valence-electron chi connectivity index (χ3n) is 3.46. The maximum atomic E-state index is 11.8. The van der Waals surface area contributed by atoms with Crippen LogP contribution in [-0.2, 0) is 28.5 Å². The molecule has 0 aromatic rings. The van der Waals surface area contributed by atoms with Gasteiger partial charge in [0, 0.05) is 19.9 Å². The van der Waals surface area contributed by atoms with Crippen molar-refractivity contribution in [3.8, 4) is 0 Å². The lowest BCUT2D eigenvalue weighted by molar-refractivity contribution is -0.288. The Morgan fingerprint density at radius 1 is 1.04 bits per heavy atom. The lowest BCUT2D eigenvalue weighted by atomic mass is 9.99. The number of hydrogen-bond donors (Lipinski definition) is 4. The van der Waals surface area contributed by atoms with E-state index >= 15 is 0 Å². The third kappa shape index (κ3) is 5.65. The van der Waals surface area contributed by atoms with E-state index in [1.807, 2.05) is 0 Å². The molecule has 4 N–H and O–H groups in total. The number of ether oxygens (including phenoxy) is 4. The van der Waals surface area contributed by atoms with Crippen LogP contribution in [0.2, 0.25) is 0 Å². The molecule has 0 amide bonds. The number of methoxy groups -OCH3 is 1. The Balaban J connectivity index is 2.76. The van der Waals surface area contributed by atoms with E-state index in [4.69, 9.17) is 18.9 Å². The Kier molecular flexibility index (Phi) is 8.79. The average Bonchev–Trinajstić information content (AvgIpc) is 2.58. The van der Waals surface area contributed by atoms with Gasteiger partial charge in [-0.1, -0.05) is 0 Å². The second kappa shape index (κ2) is 10.3.